The van der Waals surface area contributed by atoms with Gasteiger partial charge in [0.05, 0.1) is 4.90 Å². The third-order valence-corrected chi connectivity index (χ3v) is 6.86. The van der Waals surface area contributed by atoms with Crippen molar-refractivity contribution in [1.82, 2.24) is 19.1 Å². The summed E-state index contributed by atoms with van der Waals surface area (Å²) in [5.74, 6) is 0.946. The molecule has 0 bridgehead atoms. The number of aromatic nitrogens is 3. The first kappa shape index (κ1) is 17.4. The number of hydrogen-bond donors (Lipinski definition) is 0. The van der Waals surface area contributed by atoms with Crippen molar-refractivity contribution in [2.75, 3.05) is 13.1 Å². The maximum atomic E-state index is 12.8. The summed E-state index contributed by atoms with van der Waals surface area (Å²) in [6, 6.07) is 5.15. The SMILES string of the molecule is CCc1nncn1C1CCN(S(=O)(=O)c2ccc(C)c(Cl)c2)CC1. The number of sulfonamides is 1. The van der Waals surface area contributed by atoms with E-state index in [0.717, 1.165) is 30.7 Å². The van der Waals surface area contributed by atoms with Crippen LogP contribution in [0, 0.1) is 6.92 Å². The maximum absolute atomic E-state index is 12.8. The Morgan fingerprint density at radius 1 is 1.29 bits per heavy atom. The van der Waals surface area contributed by atoms with E-state index in [4.69, 9.17) is 11.6 Å². The summed E-state index contributed by atoms with van der Waals surface area (Å²) in [5, 5.41) is 8.55. The van der Waals surface area contributed by atoms with Gasteiger partial charge in [-0.1, -0.05) is 24.6 Å². The van der Waals surface area contributed by atoms with Crippen LogP contribution in [0.3, 0.4) is 0 Å². The van der Waals surface area contributed by atoms with Gasteiger partial charge in [0.2, 0.25) is 10.0 Å². The molecular formula is C16H21ClN4O2S. The van der Waals surface area contributed by atoms with Crippen molar-refractivity contribution >= 4 is 21.6 Å². The van der Waals surface area contributed by atoms with E-state index in [-0.39, 0.29) is 10.9 Å². The fraction of sp³-hybridized carbons (Fsp3) is 0.500. The van der Waals surface area contributed by atoms with Crippen LogP contribution in [0.1, 0.15) is 37.2 Å². The Hall–Kier alpha value is -1.44. The molecule has 8 heteroatoms. The second-order valence-electron chi connectivity index (χ2n) is 6.05. The molecule has 0 spiro atoms. The van der Waals surface area contributed by atoms with Gasteiger partial charge in [0.15, 0.2) is 0 Å². The molecule has 6 nitrogen and oxygen atoms in total. The summed E-state index contributed by atoms with van der Waals surface area (Å²) < 4.78 is 29.2. The average molecular weight is 369 g/mol. The van der Waals surface area contributed by atoms with Crippen molar-refractivity contribution in [1.29, 1.82) is 0 Å². The summed E-state index contributed by atoms with van der Waals surface area (Å²) in [6.07, 6.45) is 4.07. The van der Waals surface area contributed by atoms with E-state index >= 15 is 0 Å². The predicted octanol–water partition coefficient (Wildman–Crippen LogP) is 2.83. The smallest absolute Gasteiger partial charge is 0.243 e. The molecule has 1 fully saturated rings. The highest BCUT2D eigenvalue weighted by Crippen LogP contribution is 2.29. The fourth-order valence-corrected chi connectivity index (χ4v) is 4.81. The molecule has 3 rings (SSSR count). The zero-order valence-corrected chi connectivity index (χ0v) is 15.4. The monoisotopic (exact) mass is 368 g/mol. The summed E-state index contributed by atoms with van der Waals surface area (Å²) >= 11 is 6.08. The first-order valence-corrected chi connectivity index (χ1v) is 9.90. The Morgan fingerprint density at radius 3 is 2.62 bits per heavy atom. The number of piperidine rings is 1. The van der Waals surface area contributed by atoms with Gasteiger partial charge >= 0.3 is 0 Å². The lowest BCUT2D eigenvalue weighted by atomic mass is 10.1. The lowest BCUT2D eigenvalue weighted by Gasteiger charge is -2.32. The molecule has 2 heterocycles. The molecule has 1 aromatic heterocycles. The van der Waals surface area contributed by atoms with Crippen LogP contribution in [0.25, 0.3) is 0 Å². The van der Waals surface area contributed by atoms with E-state index in [1.165, 1.54) is 6.07 Å². The summed E-state index contributed by atoms with van der Waals surface area (Å²) in [5.41, 5.74) is 0.869. The van der Waals surface area contributed by atoms with Gasteiger partial charge in [-0.3, -0.25) is 0 Å². The lowest BCUT2D eigenvalue weighted by Crippen LogP contribution is -2.39. The van der Waals surface area contributed by atoms with Gasteiger partial charge in [-0.05, 0) is 37.5 Å². The Balaban J connectivity index is 1.75. The Labute approximate surface area is 147 Å². The quantitative estimate of drug-likeness (QED) is 0.832. The van der Waals surface area contributed by atoms with Crippen molar-refractivity contribution in [2.45, 2.75) is 44.0 Å². The molecule has 0 N–H and O–H groups in total. The Kier molecular flexibility index (Phi) is 4.94. The molecule has 0 aliphatic carbocycles. The molecule has 0 unspecified atom stereocenters. The van der Waals surface area contributed by atoms with E-state index in [1.54, 1.807) is 22.8 Å². The van der Waals surface area contributed by atoms with Crippen LogP contribution in [0.15, 0.2) is 29.4 Å². The summed E-state index contributed by atoms with van der Waals surface area (Å²) in [4.78, 5) is 0.259. The third-order valence-electron chi connectivity index (χ3n) is 4.56. The van der Waals surface area contributed by atoms with E-state index in [0.29, 0.717) is 18.1 Å². The molecule has 0 atom stereocenters. The zero-order valence-electron chi connectivity index (χ0n) is 13.8. The minimum absolute atomic E-state index is 0.253. The molecule has 24 heavy (non-hydrogen) atoms. The number of benzene rings is 1. The Morgan fingerprint density at radius 2 is 2.00 bits per heavy atom. The number of aryl methyl sites for hydroxylation is 2. The van der Waals surface area contributed by atoms with E-state index < -0.39 is 10.0 Å². The zero-order chi connectivity index (χ0) is 17.3. The van der Waals surface area contributed by atoms with Crippen LogP contribution in [0.5, 0.6) is 0 Å². The summed E-state index contributed by atoms with van der Waals surface area (Å²) in [7, 11) is -3.50. The molecule has 1 aliphatic rings. The Bertz CT molecular complexity index is 826. The van der Waals surface area contributed by atoms with E-state index in [9.17, 15) is 8.42 Å². The molecular weight excluding hydrogens is 348 g/mol. The molecule has 0 saturated carbocycles. The highest BCUT2D eigenvalue weighted by atomic mass is 35.5. The van der Waals surface area contributed by atoms with Crippen LogP contribution >= 0.6 is 11.6 Å². The first-order chi connectivity index (χ1) is 11.4. The molecule has 1 aliphatic heterocycles. The number of rotatable bonds is 4. The molecule has 0 radical (unpaired) electrons. The topological polar surface area (TPSA) is 68.1 Å². The van der Waals surface area contributed by atoms with Gasteiger partial charge in [-0.2, -0.15) is 4.31 Å². The predicted molar refractivity (Wildman–Crippen MR) is 92.6 cm³/mol. The van der Waals surface area contributed by atoms with E-state index in [1.807, 2.05) is 13.8 Å². The van der Waals surface area contributed by atoms with Gasteiger partial charge < -0.3 is 4.57 Å². The number of halogens is 1. The largest absolute Gasteiger partial charge is 0.314 e. The number of nitrogens with zero attached hydrogens (tertiary/aromatic N) is 4. The van der Waals surface area contributed by atoms with Crippen molar-refractivity contribution in [3.63, 3.8) is 0 Å². The van der Waals surface area contributed by atoms with Crippen LogP contribution in [-0.2, 0) is 16.4 Å². The molecule has 1 aromatic carbocycles. The van der Waals surface area contributed by atoms with Gasteiger partial charge in [-0.25, -0.2) is 8.42 Å². The number of hydrogen-bond acceptors (Lipinski definition) is 4. The fourth-order valence-electron chi connectivity index (χ4n) is 3.07. The highest BCUT2D eigenvalue weighted by molar-refractivity contribution is 7.89. The van der Waals surface area contributed by atoms with Gasteiger partial charge in [0.1, 0.15) is 12.2 Å². The van der Waals surface area contributed by atoms with Crippen molar-refractivity contribution in [3.8, 4) is 0 Å². The highest BCUT2D eigenvalue weighted by Gasteiger charge is 2.30. The minimum Gasteiger partial charge on any atom is -0.314 e. The van der Waals surface area contributed by atoms with Gasteiger partial charge in [0, 0.05) is 30.6 Å². The normalized spacial score (nSPS) is 17.3. The van der Waals surface area contributed by atoms with Crippen LogP contribution in [0.4, 0.5) is 0 Å². The third kappa shape index (κ3) is 3.20. The second-order valence-corrected chi connectivity index (χ2v) is 8.40. The van der Waals surface area contributed by atoms with Crippen molar-refractivity contribution in [2.24, 2.45) is 0 Å². The van der Waals surface area contributed by atoms with E-state index in [2.05, 4.69) is 14.8 Å². The van der Waals surface area contributed by atoms with Crippen LogP contribution < -0.4 is 0 Å². The summed E-state index contributed by atoms with van der Waals surface area (Å²) in [6.45, 7) is 4.87. The minimum atomic E-state index is -3.50. The molecule has 1 saturated heterocycles. The second kappa shape index (κ2) is 6.82. The van der Waals surface area contributed by atoms with Crippen molar-refractivity contribution in [3.05, 3.63) is 40.9 Å². The van der Waals surface area contributed by atoms with Crippen LogP contribution in [-0.4, -0.2) is 40.6 Å². The molecule has 2 aromatic rings. The maximum Gasteiger partial charge on any atom is 0.243 e. The van der Waals surface area contributed by atoms with Gasteiger partial charge in [-0.15, -0.1) is 10.2 Å². The molecule has 0 amide bonds. The standard InChI is InChI=1S/C16H21ClN4O2S/c1-3-16-19-18-11-21(16)13-6-8-20(9-7-13)24(22,23)14-5-4-12(2)15(17)10-14/h4-5,10-11,13H,3,6-9H2,1-2H3. The van der Waals surface area contributed by atoms with Gasteiger partial charge in [0.25, 0.3) is 0 Å². The van der Waals surface area contributed by atoms with Crippen molar-refractivity contribution < 1.29 is 8.42 Å². The average Bonchev–Trinajstić information content (AvgIpc) is 3.06. The first-order valence-electron chi connectivity index (χ1n) is 8.08. The molecule has 130 valence electrons. The lowest BCUT2D eigenvalue weighted by molar-refractivity contribution is 0.270. The van der Waals surface area contributed by atoms with Crippen LogP contribution in [0.2, 0.25) is 5.02 Å².